The Labute approximate surface area is 153 Å². The largest absolute Gasteiger partial charge is 0.381 e. The average molecular weight is 360 g/mol. The van der Waals surface area contributed by atoms with Crippen LogP contribution in [0, 0.1) is 5.92 Å². The summed E-state index contributed by atoms with van der Waals surface area (Å²) in [5.41, 5.74) is 2.24. The van der Waals surface area contributed by atoms with Crippen LogP contribution in [0.4, 0.5) is 4.79 Å². The quantitative estimate of drug-likeness (QED) is 0.882. The summed E-state index contributed by atoms with van der Waals surface area (Å²) in [6.45, 7) is 3.63. The van der Waals surface area contributed by atoms with Crippen LogP contribution in [0.25, 0.3) is 0 Å². The minimum atomic E-state index is 0.0188. The molecule has 2 saturated heterocycles. The molecule has 4 rings (SSSR count). The summed E-state index contributed by atoms with van der Waals surface area (Å²) in [5.74, 6) is 0.409. The predicted molar refractivity (Wildman–Crippen MR) is 97.2 cm³/mol. The van der Waals surface area contributed by atoms with Crippen molar-refractivity contribution in [2.75, 3.05) is 26.3 Å². The van der Waals surface area contributed by atoms with Crippen LogP contribution in [-0.4, -0.2) is 53.1 Å². The van der Waals surface area contributed by atoms with E-state index in [2.05, 4.69) is 10.4 Å². The number of amides is 2. The number of carbonyl (C=O) groups excluding carboxylic acids is 1. The number of nitrogens with one attached hydrogen (secondary N) is 1. The number of ether oxygens (including phenoxy) is 1. The molecule has 142 valence electrons. The number of fused-ring (bicyclic) bond motifs is 1. The topological polar surface area (TPSA) is 76.5 Å². The first kappa shape index (κ1) is 17.5. The lowest BCUT2D eigenvalue weighted by molar-refractivity contribution is 0.0769. The Morgan fingerprint density at radius 3 is 2.73 bits per heavy atom. The van der Waals surface area contributed by atoms with Gasteiger partial charge in [-0.3, -0.25) is 4.79 Å². The van der Waals surface area contributed by atoms with Crippen molar-refractivity contribution >= 4 is 6.03 Å². The SMILES string of the molecule is O=C(NC1CCOCC1)N1CCC(Cn2nc3c(cc2=O)CCC3)CC1. The van der Waals surface area contributed by atoms with E-state index in [1.54, 1.807) is 10.7 Å². The standard InChI is InChI=1S/C19H28N4O3/c24-18-12-15-2-1-3-17(15)21-23(18)13-14-4-8-22(9-5-14)19(25)20-16-6-10-26-11-7-16/h12,14,16H,1-11,13H2,(H,20,25). The number of hydrogen-bond acceptors (Lipinski definition) is 4. The van der Waals surface area contributed by atoms with Crippen molar-refractivity contribution in [2.24, 2.45) is 5.92 Å². The van der Waals surface area contributed by atoms with Crippen LogP contribution in [0.2, 0.25) is 0 Å². The zero-order chi connectivity index (χ0) is 17.9. The monoisotopic (exact) mass is 360 g/mol. The molecule has 3 aliphatic rings. The van der Waals surface area contributed by atoms with Crippen LogP contribution in [0.5, 0.6) is 0 Å². The number of likely N-dealkylation sites (tertiary alicyclic amines) is 1. The number of nitrogens with zero attached hydrogens (tertiary/aromatic N) is 3. The molecule has 1 N–H and O–H groups in total. The number of hydrogen-bond donors (Lipinski definition) is 1. The lowest BCUT2D eigenvalue weighted by Gasteiger charge is -2.34. The molecule has 7 nitrogen and oxygen atoms in total. The molecule has 0 spiro atoms. The van der Waals surface area contributed by atoms with E-state index in [1.807, 2.05) is 4.90 Å². The van der Waals surface area contributed by atoms with Gasteiger partial charge in [0.1, 0.15) is 0 Å². The van der Waals surface area contributed by atoms with Crippen molar-refractivity contribution in [2.45, 2.75) is 57.5 Å². The third-order valence-corrected chi connectivity index (χ3v) is 5.91. The molecular formula is C19H28N4O3. The average Bonchev–Trinajstić information content (AvgIpc) is 3.10. The van der Waals surface area contributed by atoms with Crippen molar-refractivity contribution in [1.82, 2.24) is 20.0 Å². The molecule has 1 aromatic rings. The van der Waals surface area contributed by atoms with Crippen molar-refractivity contribution in [1.29, 1.82) is 0 Å². The maximum Gasteiger partial charge on any atom is 0.317 e. The second-order valence-electron chi connectivity index (χ2n) is 7.76. The maximum atomic E-state index is 12.4. The Kier molecular flexibility index (Phi) is 5.24. The van der Waals surface area contributed by atoms with E-state index in [9.17, 15) is 9.59 Å². The molecule has 0 saturated carbocycles. The highest BCUT2D eigenvalue weighted by Gasteiger charge is 2.26. The first-order valence-corrected chi connectivity index (χ1v) is 9.92. The highest BCUT2D eigenvalue weighted by molar-refractivity contribution is 5.74. The molecule has 0 atom stereocenters. The van der Waals surface area contributed by atoms with E-state index in [4.69, 9.17) is 4.74 Å². The smallest absolute Gasteiger partial charge is 0.317 e. The van der Waals surface area contributed by atoms with E-state index < -0.39 is 0 Å². The fourth-order valence-electron chi connectivity index (χ4n) is 4.24. The normalized spacial score (nSPS) is 21.6. The molecule has 3 heterocycles. The number of urea groups is 1. The van der Waals surface area contributed by atoms with Gasteiger partial charge >= 0.3 is 6.03 Å². The highest BCUT2D eigenvalue weighted by Crippen LogP contribution is 2.21. The van der Waals surface area contributed by atoms with Gasteiger partial charge in [0.15, 0.2) is 0 Å². The Morgan fingerprint density at radius 2 is 1.96 bits per heavy atom. The second kappa shape index (κ2) is 7.78. The van der Waals surface area contributed by atoms with Crippen LogP contribution < -0.4 is 10.9 Å². The highest BCUT2D eigenvalue weighted by atomic mass is 16.5. The minimum absolute atomic E-state index is 0.0188. The van der Waals surface area contributed by atoms with Gasteiger partial charge in [0.25, 0.3) is 5.56 Å². The van der Waals surface area contributed by atoms with E-state index >= 15 is 0 Å². The van der Waals surface area contributed by atoms with Gasteiger partial charge in [-0.2, -0.15) is 5.10 Å². The molecule has 0 radical (unpaired) electrons. The number of aromatic nitrogens is 2. The summed E-state index contributed by atoms with van der Waals surface area (Å²) in [6.07, 6.45) is 6.72. The van der Waals surface area contributed by atoms with Crippen LogP contribution in [0.15, 0.2) is 10.9 Å². The molecule has 26 heavy (non-hydrogen) atoms. The van der Waals surface area contributed by atoms with Crippen LogP contribution in [0.3, 0.4) is 0 Å². The molecule has 7 heteroatoms. The Balaban J connectivity index is 1.28. The predicted octanol–water partition coefficient (Wildman–Crippen LogP) is 1.33. The number of carbonyl (C=O) groups is 1. The van der Waals surface area contributed by atoms with Gasteiger partial charge in [-0.15, -0.1) is 0 Å². The van der Waals surface area contributed by atoms with Crippen molar-refractivity contribution < 1.29 is 9.53 Å². The van der Waals surface area contributed by atoms with Crippen molar-refractivity contribution in [3.63, 3.8) is 0 Å². The van der Waals surface area contributed by atoms with E-state index in [1.165, 1.54) is 0 Å². The van der Waals surface area contributed by atoms with E-state index in [0.29, 0.717) is 12.5 Å². The molecule has 2 amide bonds. The van der Waals surface area contributed by atoms with E-state index in [0.717, 1.165) is 82.5 Å². The number of aryl methyl sites for hydroxylation is 2. The lowest BCUT2D eigenvalue weighted by Crippen LogP contribution is -2.49. The summed E-state index contributed by atoms with van der Waals surface area (Å²) in [4.78, 5) is 26.6. The first-order chi connectivity index (χ1) is 12.7. The van der Waals surface area contributed by atoms with Crippen LogP contribution in [0.1, 0.15) is 43.4 Å². The first-order valence-electron chi connectivity index (χ1n) is 9.92. The van der Waals surface area contributed by atoms with Gasteiger partial charge in [0.2, 0.25) is 0 Å². The molecule has 0 bridgehead atoms. The van der Waals surface area contributed by atoms with Gasteiger partial charge in [-0.25, -0.2) is 9.48 Å². The Morgan fingerprint density at radius 1 is 1.19 bits per heavy atom. The van der Waals surface area contributed by atoms with Crippen molar-refractivity contribution in [3.05, 3.63) is 27.7 Å². The molecule has 2 fully saturated rings. The van der Waals surface area contributed by atoms with Crippen LogP contribution >= 0.6 is 0 Å². The summed E-state index contributed by atoms with van der Waals surface area (Å²) in [7, 11) is 0. The Bertz CT molecular complexity index is 703. The lowest BCUT2D eigenvalue weighted by atomic mass is 9.97. The van der Waals surface area contributed by atoms with Crippen molar-refractivity contribution in [3.8, 4) is 0 Å². The van der Waals surface area contributed by atoms with Gasteiger partial charge in [0.05, 0.1) is 5.69 Å². The molecule has 2 aliphatic heterocycles. The molecule has 1 aliphatic carbocycles. The molecule has 0 aromatic carbocycles. The van der Waals surface area contributed by atoms with E-state index in [-0.39, 0.29) is 17.6 Å². The second-order valence-corrected chi connectivity index (χ2v) is 7.76. The van der Waals surface area contributed by atoms with Gasteiger partial charge in [0, 0.05) is 45.0 Å². The summed E-state index contributed by atoms with van der Waals surface area (Å²) in [6, 6.07) is 2.05. The third-order valence-electron chi connectivity index (χ3n) is 5.91. The zero-order valence-electron chi connectivity index (χ0n) is 15.3. The molecular weight excluding hydrogens is 332 g/mol. The third kappa shape index (κ3) is 3.92. The summed E-state index contributed by atoms with van der Waals surface area (Å²) >= 11 is 0. The zero-order valence-corrected chi connectivity index (χ0v) is 15.3. The minimum Gasteiger partial charge on any atom is -0.381 e. The Hall–Kier alpha value is -1.89. The maximum absolute atomic E-state index is 12.4. The van der Waals surface area contributed by atoms with Gasteiger partial charge in [-0.05, 0) is 56.4 Å². The number of piperidine rings is 1. The van der Waals surface area contributed by atoms with Crippen LogP contribution in [-0.2, 0) is 24.1 Å². The fourth-order valence-corrected chi connectivity index (χ4v) is 4.24. The van der Waals surface area contributed by atoms with Gasteiger partial charge in [-0.1, -0.05) is 0 Å². The summed E-state index contributed by atoms with van der Waals surface area (Å²) < 4.78 is 6.98. The number of rotatable bonds is 3. The van der Waals surface area contributed by atoms with Gasteiger partial charge < -0.3 is 15.0 Å². The molecule has 1 aromatic heterocycles. The summed E-state index contributed by atoms with van der Waals surface area (Å²) in [5, 5.41) is 7.71. The molecule has 0 unspecified atom stereocenters. The fraction of sp³-hybridized carbons (Fsp3) is 0.737.